The average Bonchev–Trinajstić information content (AvgIpc) is 2.62. The van der Waals surface area contributed by atoms with Crippen LogP contribution in [0.25, 0.3) is 6.08 Å². The molecule has 136 valence electrons. The summed E-state index contributed by atoms with van der Waals surface area (Å²) in [6.07, 6.45) is 8.21. The van der Waals surface area contributed by atoms with Gasteiger partial charge in [-0.25, -0.2) is 0 Å². The van der Waals surface area contributed by atoms with Crippen molar-refractivity contribution in [2.24, 2.45) is 5.92 Å². The van der Waals surface area contributed by atoms with E-state index in [0.717, 1.165) is 24.8 Å². The standard InChI is InChI=1S/C21H29NO3/c1-16-8-10-18(11-9-16)12-13-20(23)22(15-14-21(24)25-3)19-7-5-4-6-17(19)2/h8-13,17,19H,4-7,14-15H2,1-3H3/b13-12+. The van der Waals surface area contributed by atoms with E-state index in [4.69, 9.17) is 4.74 Å². The van der Waals surface area contributed by atoms with Gasteiger partial charge in [-0.1, -0.05) is 49.6 Å². The molecule has 1 aliphatic rings. The molecule has 0 bridgehead atoms. The van der Waals surface area contributed by atoms with E-state index < -0.39 is 0 Å². The van der Waals surface area contributed by atoms with Crippen molar-refractivity contribution in [2.45, 2.75) is 52.0 Å². The molecule has 0 N–H and O–H groups in total. The monoisotopic (exact) mass is 343 g/mol. The van der Waals surface area contributed by atoms with E-state index in [0.29, 0.717) is 12.5 Å². The molecule has 4 heteroatoms. The smallest absolute Gasteiger partial charge is 0.307 e. The van der Waals surface area contributed by atoms with E-state index in [-0.39, 0.29) is 24.3 Å². The molecule has 2 unspecified atom stereocenters. The fourth-order valence-electron chi connectivity index (χ4n) is 3.45. The van der Waals surface area contributed by atoms with Crippen molar-refractivity contribution in [1.29, 1.82) is 0 Å². The Morgan fingerprint density at radius 2 is 1.88 bits per heavy atom. The summed E-state index contributed by atoms with van der Waals surface area (Å²) in [5.74, 6) is 0.162. The third kappa shape index (κ3) is 5.73. The molecule has 0 spiro atoms. The van der Waals surface area contributed by atoms with Crippen molar-refractivity contribution in [2.75, 3.05) is 13.7 Å². The number of hydrogen-bond acceptors (Lipinski definition) is 3. The van der Waals surface area contributed by atoms with Crippen LogP contribution in [0, 0.1) is 12.8 Å². The summed E-state index contributed by atoms with van der Waals surface area (Å²) in [5, 5.41) is 0. The first-order valence-electron chi connectivity index (χ1n) is 9.13. The van der Waals surface area contributed by atoms with Crippen molar-refractivity contribution in [3.05, 3.63) is 41.5 Å². The van der Waals surface area contributed by atoms with Crippen molar-refractivity contribution in [3.8, 4) is 0 Å². The van der Waals surface area contributed by atoms with Gasteiger partial charge in [-0.05, 0) is 37.3 Å². The highest BCUT2D eigenvalue weighted by atomic mass is 16.5. The largest absolute Gasteiger partial charge is 0.469 e. The van der Waals surface area contributed by atoms with Gasteiger partial charge in [-0.15, -0.1) is 0 Å². The van der Waals surface area contributed by atoms with Crippen molar-refractivity contribution in [1.82, 2.24) is 4.90 Å². The summed E-state index contributed by atoms with van der Waals surface area (Å²) in [4.78, 5) is 26.2. The number of nitrogens with zero attached hydrogens (tertiary/aromatic N) is 1. The van der Waals surface area contributed by atoms with Crippen LogP contribution in [0.5, 0.6) is 0 Å². The van der Waals surface area contributed by atoms with Gasteiger partial charge in [-0.3, -0.25) is 9.59 Å². The van der Waals surface area contributed by atoms with E-state index in [9.17, 15) is 9.59 Å². The van der Waals surface area contributed by atoms with Gasteiger partial charge in [-0.2, -0.15) is 0 Å². The summed E-state index contributed by atoms with van der Waals surface area (Å²) in [6.45, 7) is 4.66. The number of carbonyl (C=O) groups excluding carboxylic acids is 2. The Bertz CT molecular complexity index is 606. The number of esters is 1. The molecule has 1 aromatic rings. The van der Waals surface area contributed by atoms with Crippen LogP contribution in [0.2, 0.25) is 0 Å². The molecule has 1 saturated carbocycles. The minimum atomic E-state index is -0.274. The normalized spacial score (nSPS) is 20.4. The molecule has 2 rings (SSSR count). The highest BCUT2D eigenvalue weighted by Crippen LogP contribution is 2.28. The van der Waals surface area contributed by atoms with Crippen LogP contribution in [0.15, 0.2) is 30.3 Å². The van der Waals surface area contributed by atoms with Crippen molar-refractivity contribution >= 4 is 18.0 Å². The zero-order chi connectivity index (χ0) is 18.2. The molecule has 0 saturated heterocycles. The molecule has 1 aromatic carbocycles. The lowest BCUT2D eigenvalue weighted by Crippen LogP contribution is -2.45. The average molecular weight is 343 g/mol. The second kappa shape index (κ2) is 9.40. The Balaban J connectivity index is 2.10. The number of amides is 1. The Labute approximate surface area is 150 Å². The fraction of sp³-hybridized carbons (Fsp3) is 0.524. The van der Waals surface area contributed by atoms with Gasteiger partial charge in [0.05, 0.1) is 13.5 Å². The zero-order valence-corrected chi connectivity index (χ0v) is 15.5. The number of ether oxygens (including phenoxy) is 1. The molecule has 1 aliphatic carbocycles. The molecule has 1 fully saturated rings. The maximum Gasteiger partial charge on any atom is 0.307 e. The van der Waals surface area contributed by atoms with Crippen LogP contribution in [0.4, 0.5) is 0 Å². The molecule has 1 amide bonds. The van der Waals surface area contributed by atoms with Gasteiger partial charge in [0.2, 0.25) is 5.91 Å². The highest BCUT2D eigenvalue weighted by molar-refractivity contribution is 5.92. The lowest BCUT2D eigenvalue weighted by Gasteiger charge is -2.38. The van der Waals surface area contributed by atoms with Crippen LogP contribution in [0.3, 0.4) is 0 Å². The first-order chi connectivity index (χ1) is 12.0. The second-order valence-electron chi connectivity index (χ2n) is 6.93. The summed E-state index contributed by atoms with van der Waals surface area (Å²) in [6, 6.07) is 8.26. The Kier molecular flexibility index (Phi) is 7.23. The Morgan fingerprint density at radius 3 is 2.52 bits per heavy atom. The number of aryl methyl sites for hydroxylation is 1. The first-order valence-corrected chi connectivity index (χ1v) is 9.13. The SMILES string of the molecule is COC(=O)CCN(C(=O)/C=C/c1ccc(C)cc1)C1CCCCC1C. The zero-order valence-electron chi connectivity index (χ0n) is 15.5. The van der Waals surface area contributed by atoms with E-state index in [1.165, 1.54) is 19.1 Å². The minimum absolute atomic E-state index is 0.0248. The lowest BCUT2D eigenvalue weighted by atomic mass is 9.84. The van der Waals surface area contributed by atoms with Crippen molar-refractivity contribution in [3.63, 3.8) is 0 Å². The third-order valence-electron chi connectivity index (χ3n) is 5.03. The quantitative estimate of drug-likeness (QED) is 0.580. The third-order valence-corrected chi connectivity index (χ3v) is 5.03. The molecule has 0 heterocycles. The van der Waals surface area contributed by atoms with E-state index >= 15 is 0 Å². The number of rotatable bonds is 6. The highest BCUT2D eigenvalue weighted by Gasteiger charge is 2.29. The molecular formula is C21H29NO3. The van der Waals surface area contributed by atoms with Gasteiger partial charge in [0.1, 0.15) is 0 Å². The van der Waals surface area contributed by atoms with E-state index in [2.05, 4.69) is 6.92 Å². The maximum atomic E-state index is 12.8. The predicted octanol–water partition coefficient (Wildman–Crippen LogP) is 3.98. The predicted molar refractivity (Wildman–Crippen MR) is 100.0 cm³/mol. The Hall–Kier alpha value is -2.10. The number of hydrogen-bond donors (Lipinski definition) is 0. The van der Waals surface area contributed by atoms with Crippen molar-refractivity contribution < 1.29 is 14.3 Å². The molecule has 0 aliphatic heterocycles. The molecule has 0 radical (unpaired) electrons. The van der Waals surface area contributed by atoms with Gasteiger partial charge < -0.3 is 9.64 Å². The van der Waals surface area contributed by atoms with Gasteiger partial charge >= 0.3 is 5.97 Å². The van der Waals surface area contributed by atoms with E-state index in [1.807, 2.05) is 42.2 Å². The number of benzene rings is 1. The van der Waals surface area contributed by atoms with E-state index in [1.54, 1.807) is 6.08 Å². The number of carbonyl (C=O) groups is 2. The van der Waals surface area contributed by atoms with Crippen LogP contribution >= 0.6 is 0 Å². The summed E-state index contributed by atoms with van der Waals surface area (Å²) in [5.41, 5.74) is 2.20. The van der Waals surface area contributed by atoms with Gasteiger partial charge in [0.25, 0.3) is 0 Å². The first kappa shape index (κ1) is 19.2. The molecule has 0 aromatic heterocycles. The molecule has 4 nitrogen and oxygen atoms in total. The summed E-state index contributed by atoms with van der Waals surface area (Å²) >= 11 is 0. The molecule has 25 heavy (non-hydrogen) atoms. The van der Waals surface area contributed by atoms with Crippen LogP contribution in [-0.2, 0) is 14.3 Å². The summed E-state index contributed by atoms with van der Waals surface area (Å²) in [7, 11) is 1.38. The maximum absolute atomic E-state index is 12.8. The lowest BCUT2D eigenvalue weighted by molar-refractivity contribution is -0.142. The second-order valence-corrected chi connectivity index (χ2v) is 6.93. The topological polar surface area (TPSA) is 46.6 Å². The van der Waals surface area contributed by atoms with Crippen LogP contribution in [0.1, 0.15) is 50.2 Å². The van der Waals surface area contributed by atoms with Crippen LogP contribution in [-0.4, -0.2) is 36.5 Å². The molecule has 2 atom stereocenters. The fourth-order valence-corrected chi connectivity index (χ4v) is 3.45. The number of methoxy groups -OCH3 is 1. The van der Waals surface area contributed by atoms with Gasteiger partial charge in [0.15, 0.2) is 0 Å². The van der Waals surface area contributed by atoms with Gasteiger partial charge in [0, 0.05) is 18.7 Å². The van der Waals surface area contributed by atoms with Crippen LogP contribution < -0.4 is 0 Å². The summed E-state index contributed by atoms with van der Waals surface area (Å²) < 4.78 is 4.74. The Morgan fingerprint density at radius 1 is 1.20 bits per heavy atom. The molecular weight excluding hydrogens is 314 g/mol. The minimum Gasteiger partial charge on any atom is -0.469 e.